The van der Waals surface area contributed by atoms with E-state index in [0.717, 1.165) is 57.6 Å². The predicted octanol–water partition coefficient (Wildman–Crippen LogP) is 4.92. The summed E-state index contributed by atoms with van der Waals surface area (Å²) >= 11 is 6.41. The molecule has 4 heterocycles. The monoisotopic (exact) mass is 692 g/mol. The van der Waals surface area contributed by atoms with E-state index >= 15 is 0 Å². The minimum absolute atomic E-state index is 0.117. The Labute approximate surface area is 279 Å². The smallest absolute Gasteiger partial charge is 0.487 e. The van der Waals surface area contributed by atoms with Crippen LogP contribution in [0.2, 0.25) is 5.02 Å². The molecule has 1 saturated heterocycles. The number of morpholine rings is 1. The van der Waals surface area contributed by atoms with Crippen LogP contribution in [0.25, 0.3) is 11.1 Å². The Bertz CT molecular complexity index is 1600. The van der Waals surface area contributed by atoms with E-state index in [2.05, 4.69) is 45.5 Å². The molecule has 48 heavy (non-hydrogen) atoms. The third-order valence-electron chi connectivity index (χ3n) is 8.21. The molecule has 258 valence electrons. The summed E-state index contributed by atoms with van der Waals surface area (Å²) in [6, 6.07) is 5.99. The molecule has 14 nitrogen and oxygen atoms in total. The quantitative estimate of drug-likeness (QED) is 0.190. The molecule has 1 aliphatic heterocycles. The van der Waals surface area contributed by atoms with Crippen molar-refractivity contribution in [2.24, 2.45) is 0 Å². The fourth-order valence-electron chi connectivity index (χ4n) is 5.90. The number of rotatable bonds is 13. The van der Waals surface area contributed by atoms with Gasteiger partial charge in [-0.15, -0.1) is 23.4 Å². The number of aromatic nitrogens is 8. The van der Waals surface area contributed by atoms with Gasteiger partial charge in [0.2, 0.25) is 5.95 Å². The lowest BCUT2D eigenvalue weighted by Crippen LogP contribution is -2.45. The molecule has 4 aromatic rings. The molecule has 2 fully saturated rings. The first-order valence-corrected chi connectivity index (χ1v) is 16.1. The Hall–Kier alpha value is -4.06. The van der Waals surface area contributed by atoms with Gasteiger partial charge in [0.05, 0.1) is 43.6 Å². The highest BCUT2D eigenvalue weighted by atomic mass is 35.5. The van der Waals surface area contributed by atoms with Gasteiger partial charge in [-0.3, -0.25) is 14.3 Å². The van der Waals surface area contributed by atoms with Crippen molar-refractivity contribution in [2.45, 2.75) is 63.7 Å². The molecule has 2 aliphatic rings. The molecular weight excluding hydrogens is 657 g/mol. The maximum Gasteiger partial charge on any atom is 0.522 e. The molecule has 6 rings (SSSR count). The van der Waals surface area contributed by atoms with Gasteiger partial charge in [0.1, 0.15) is 30.5 Å². The highest BCUT2D eigenvalue weighted by Crippen LogP contribution is 2.35. The van der Waals surface area contributed by atoms with Crippen molar-refractivity contribution in [1.29, 1.82) is 0 Å². The van der Waals surface area contributed by atoms with Crippen LogP contribution in [-0.4, -0.2) is 103 Å². The Kier molecular flexibility index (Phi) is 10.9. The van der Waals surface area contributed by atoms with Crippen molar-refractivity contribution in [3.05, 3.63) is 48.1 Å². The highest BCUT2D eigenvalue weighted by Gasteiger charge is 2.30. The van der Waals surface area contributed by atoms with Crippen LogP contribution in [0.1, 0.15) is 38.6 Å². The van der Waals surface area contributed by atoms with Crippen molar-refractivity contribution < 1.29 is 32.1 Å². The number of nitrogens with one attached hydrogen (secondary N) is 1. The van der Waals surface area contributed by atoms with Gasteiger partial charge in [0, 0.05) is 37.1 Å². The van der Waals surface area contributed by atoms with Crippen molar-refractivity contribution in [2.75, 3.05) is 44.8 Å². The number of halogens is 4. The molecule has 3 aromatic heterocycles. The van der Waals surface area contributed by atoms with Crippen LogP contribution in [0.5, 0.6) is 11.6 Å². The van der Waals surface area contributed by atoms with Gasteiger partial charge in [-0.05, 0) is 60.7 Å². The van der Waals surface area contributed by atoms with Gasteiger partial charge in [0.25, 0.3) is 5.88 Å². The van der Waals surface area contributed by atoms with E-state index in [4.69, 9.17) is 25.8 Å². The predicted molar refractivity (Wildman–Crippen MR) is 167 cm³/mol. The molecule has 1 aromatic carbocycles. The second kappa shape index (κ2) is 15.4. The van der Waals surface area contributed by atoms with E-state index in [1.165, 1.54) is 6.33 Å². The fourth-order valence-corrected chi connectivity index (χ4v) is 6.06. The summed E-state index contributed by atoms with van der Waals surface area (Å²) in [4.78, 5) is 11.4. The molecule has 0 bridgehead atoms. The summed E-state index contributed by atoms with van der Waals surface area (Å²) in [7, 11) is 0. The molecule has 1 saturated carbocycles. The lowest BCUT2D eigenvalue weighted by atomic mass is 9.90. The Morgan fingerprint density at radius 1 is 1.04 bits per heavy atom. The molecule has 0 radical (unpaired) electrons. The molecule has 1 unspecified atom stereocenters. The molecule has 1 N–H and O–H groups in total. The van der Waals surface area contributed by atoms with Crippen molar-refractivity contribution in [1.82, 2.24) is 44.9 Å². The Balaban J connectivity index is 1.12. The highest BCUT2D eigenvalue weighted by molar-refractivity contribution is 6.32. The lowest BCUT2D eigenvalue weighted by molar-refractivity contribution is -0.325. The van der Waals surface area contributed by atoms with Crippen molar-refractivity contribution >= 4 is 23.2 Å². The minimum atomic E-state index is -4.75. The second-order valence-electron chi connectivity index (χ2n) is 11.6. The SMILES string of the molecule is CC(Cn1cnnn1)Oc1cc(-c2cnc(Nc3cn(C4CCC(N5CCOCC5)CC4)nc3OCCOC(F)(F)F)nc2)ccc1Cl. The van der Waals surface area contributed by atoms with Crippen LogP contribution >= 0.6 is 11.6 Å². The standard InChI is InChI=1S/C30H36ClF3N10O4/c1-20(17-43-19-37-40-41-43)48-27-14-21(2-7-25(27)31)22-15-35-29(36-16-22)38-26-18-44(39-28(26)46-12-13-47-30(32,33)34)24-5-3-23(4-6-24)42-8-10-45-11-9-42/h2,7,14-16,18-20,23-24H,3-6,8-13,17H2,1H3,(H,35,36,38). The van der Waals surface area contributed by atoms with Gasteiger partial charge in [0.15, 0.2) is 0 Å². The van der Waals surface area contributed by atoms with Crippen LogP contribution in [0.3, 0.4) is 0 Å². The number of alkyl halides is 3. The van der Waals surface area contributed by atoms with Crippen LogP contribution in [0.4, 0.5) is 24.8 Å². The van der Waals surface area contributed by atoms with E-state index in [1.54, 1.807) is 35.4 Å². The molecule has 18 heteroatoms. The number of hydrogen-bond donors (Lipinski definition) is 1. The molecule has 1 aliphatic carbocycles. The van der Waals surface area contributed by atoms with Crippen molar-refractivity contribution in [3.63, 3.8) is 0 Å². The zero-order valence-corrected chi connectivity index (χ0v) is 27.0. The molecular formula is C30H36ClF3N10O4. The third-order valence-corrected chi connectivity index (χ3v) is 8.53. The zero-order chi connectivity index (χ0) is 33.5. The third kappa shape index (κ3) is 9.09. The van der Waals surface area contributed by atoms with Crippen LogP contribution in [0, 0.1) is 0 Å². The zero-order valence-electron chi connectivity index (χ0n) is 26.2. The van der Waals surface area contributed by atoms with E-state index in [9.17, 15) is 13.2 Å². The largest absolute Gasteiger partial charge is 0.522 e. The maximum absolute atomic E-state index is 12.5. The topological polar surface area (TPSA) is 139 Å². The lowest BCUT2D eigenvalue weighted by Gasteiger charge is -2.38. The van der Waals surface area contributed by atoms with Crippen LogP contribution < -0.4 is 14.8 Å². The molecule has 0 spiro atoms. The number of ether oxygens (including phenoxy) is 4. The number of benzene rings is 1. The first kappa shape index (κ1) is 33.8. The Morgan fingerprint density at radius 2 is 1.79 bits per heavy atom. The molecule has 1 atom stereocenters. The number of hydrogen-bond acceptors (Lipinski definition) is 12. The summed E-state index contributed by atoms with van der Waals surface area (Å²) in [5, 5.41) is 19.3. The summed E-state index contributed by atoms with van der Waals surface area (Å²) < 4.78 is 62.0. The number of tetrazole rings is 1. The van der Waals surface area contributed by atoms with E-state index < -0.39 is 13.0 Å². The van der Waals surface area contributed by atoms with Gasteiger partial charge in [-0.2, -0.15) is 0 Å². The van der Waals surface area contributed by atoms with E-state index in [1.807, 2.05) is 17.7 Å². The van der Waals surface area contributed by atoms with Gasteiger partial charge in [-0.1, -0.05) is 17.7 Å². The average molecular weight is 693 g/mol. The maximum atomic E-state index is 12.5. The normalized spacial score (nSPS) is 19.6. The summed E-state index contributed by atoms with van der Waals surface area (Å²) in [5.41, 5.74) is 1.93. The van der Waals surface area contributed by atoms with Gasteiger partial charge >= 0.3 is 6.36 Å². The van der Waals surface area contributed by atoms with Crippen LogP contribution in [0.15, 0.2) is 43.1 Å². The average Bonchev–Trinajstić information content (AvgIpc) is 3.74. The first-order valence-electron chi connectivity index (χ1n) is 15.7. The van der Waals surface area contributed by atoms with Crippen molar-refractivity contribution in [3.8, 4) is 22.8 Å². The van der Waals surface area contributed by atoms with E-state index in [-0.39, 0.29) is 30.6 Å². The van der Waals surface area contributed by atoms with Gasteiger partial charge < -0.3 is 19.5 Å². The van der Waals surface area contributed by atoms with E-state index in [0.29, 0.717) is 34.6 Å². The molecule has 0 amide bonds. The number of anilines is 2. The minimum Gasteiger partial charge on any atom is -0.487 e. The first-order chi connectivity index (χ1) is 23.2. The second-order valence-corrected chi connectivity index (χ2v) is 12.0. The summed E-state index contributed by atoms with van der Waals surface area (Å²) in [6.45, 7) is 4.70. The Morgan fingerprint density at radius 3 is 2.50 bits per heavy atom. The summed E-state index contributed by atoms with van der Waals surface area (Å²) in [5.74, 6) is 0.880. The van der Waals surface area contributed by atoms with Crippen LogP contribution in [-0.2, 0) is 16.0 Å². The number of nitrogens with zero attached hydrogens (tertiary/aromatic N) is 9. The van der Waals surface area contributed by atoms with Gasteiger partial charge in [-0.25, -0.2) is 14.6 Å². The summed E-state index contributed by atoms with van der Waals surface area (Å²) in [6.07, 6.45) is 5.42. The fraction of sp³-hybridized carbons (Fsp3) is 0.533.